The SMILES string of the molecule is CCOC(=O)C1=C(C)N=c2s/c(=C\c3cc([N+](=O)[O-])c(OC)cc3OC)c(=O)n2[C@H]1c1ccc(OC)cc1. The molecule has 0 radical (unpaired) electrons. The quantitative estimate of drug-likeness (QED) is 0.243. The number of hydrogen-bond acceptors (Lipinski definition) is 10. The molecule has 1 aliphatic rings. The highest BCUT2D eigenvalue weighted by Gasteiger charge is 2.33. The third-order valence-corrected chi connectivity index (χ3v) is 6.95. The number of nitro benzene ring substituents is 1. The number of benzene rings is 2. The number of thiazole rings is 1. The lowest BCUT2D eigenvalue weighted by atomic mass is 9.96. The number of esters is 1. The van der Waals surface area contributed by atoms with E-state index in [1.807, 2.05) is 0 Å². The van der Waals surface area contributed by atoms with Gasteiger partial charge in [0.25, 0.3) is 5.56 Å². The number of rotatable bonds is 8. The Balaban J connectivity index is 1.97. The highest BCUT2D eigenvalue weighted by Crippen LogP contribution is 2.35. The van der Waals surface area contributed by atoms with Crippen LogP contribution in [0.15, 0.2) is 57.5 Å². The molecule has 0 saturated carbocycles. The minimum absolute atomic E-state index is 0.0275. The van der Waals surface area contributed by atoms with Gasteiger partial charge in [0, 0.05) is 17.7 Å². The maximum atomic E-state index is 13.8. The number of allylic oxidation sites excluding steroid dienone is 1. The van der Waals surface area contributed by atoms with Gasteiger partial charge >= 0.3 is 11.7 Å². The molecule has 11 nitrogen and oxygen atoms in total. The maximum absolute atomic E-state index is 13.8. The van der Waals surface area contributed by atoms with Crippen LogP contribution in [0, 0.1) is 10.1 Å². The molecule has 1 atom stereocenters. The zero-order valence-corrected chi connectivity index (χ0v) is 22.2. The summed E-state index contributed by atoms with van der Waals surface area (Å²) in [4.78, 5) is 42.7. The van der Waals surface area contributed by atoms with Crippen molar-refractivity contribution < 1.29 is 28.7 Å². The van der Waals surface area contributed by atoms with E-state index < -0.39 is 22.5 Å². The summed E-state index contributed by atoms with van der Waals surface area (Å²) in [6.45, 7) is 3.55. The predicted octanol–water partition coefficient (Wildman–Crippen LogP) is 2.73. The smallest absolute Gasteiger partial charge is 0.338 e. The normalized spacial score (nSPS) is 15.0. The molecule has 1 aliphatic heterocycles. The zero-order valence-electron chi connectivity index (χ0n) is 21.3. The van der Waals surface area contributed by atoms with Crippen LogP contribution in [-0.4, -0.2) is 43.4 Å². The summed E-state index contributed by atoms with van der Waals surface area (Å²) in [6.07, 6.45) is 1.50. The summed E-state index contributed by atoms with van der Waals surface area (Å²) < 4.78 is 22.8. The van der Waals surface area contributed by atoms with Crippen LogP contribution < -0.4 is 29.1 Å². The third-order valence-electron chi connectivity index (χ3n) is 5.96. The number of carbonyl (C=O) groups is 1. The molecule has 0 aliphatic carbocycles. The van der Waals surface area contributed by atoms with Crippen molar-refractivity contribution in [3.8, 4) is 17.2 Å². The Kier molecular flexibility index (Phi) is 7.62. The lowest BCUT2D eigenvalue weighted by Gasteiger charge is -2.24. The Bertz CT molecular complexity index is 1620. The zero-order chi connectivity index (χ0) is 27.6. The molecule has 0 fully saturated rings. The standard InChI is InChI=1S/C26H25N3O8S/c1-6-37-25(31)22-14(2)27-26-28(23(22)15-7-9-17(34-3)10-8-15)24(30)21(38-26)12-16-11-18(29(32)33)20(36-5)13-19(16)35-4/h7-13,23H,6H2,1-5H3/b21-12-/t23-/m0/s1. The number of aromatic nitrogens is 1. The highest BCUT2D eigenvalue weighted by molar-refractivity contribution is 7.07. The van der Waals surface area contributed by atoms with Crippen LogP contribution in [-0.2, 0) is 9.53 Å². The number of nitrogens with zero attached hydrogens (tertiary/aromatic N) is 3. The Morgan fingerprint density at radius 1 is 1.13 bits per heavy atom. The van der Waals surface area contributed by atoms with E-state index in [1.165, 1.54) is 37.0 Å². The molecule has 1 aromatic heterocycles. The Morgan fingerprint density at radius 2 is 1.82 bits per heavy atom. The van der Waals surface area contributed by atoms with Gasteiger partial charge in [0.05, 0.1) is 54.7 Å². The van der Waals surface area contributed by atoms with Crippen LogP contribution >= 0.6 is 11.3 Å². The van der Waals surface area contributed by atoms with E-state index in [2.05, 4.69) is 4.99 Å². The molecule has 2 heterocycles. The molecule has 198 valence electrons. The minimum Gasteiger partial charge on any atom is -0.497 e. The van der Waals surface area contributed by atoms with Gasteiger partial charge in [-0.05, 0) is 37.6 Å². The Hall–Kier alpha value is -4.45. The molecule has 0 N–H and O–H groups in total. The summed E-state index contributed by atoms with van der Waals surface area (Å²) in [5.74, 6) is 0.358. The van der Waals surface area contributed by atoms with Gasteiger partial charge in [-0.25, -0.2) is 9.79 Å². The second-order valence-corrected chi connectivity index (χ2v) is 9.11. The first-order chi connectivity index (χ1) is 18.2. The van der Waals surface area contributed by atoms with Crippen LogP contribution in [0.2, 0.25) is 0 Å². The van der Waals surface area contributed by atoms with E-state index in [0.29, 0.717) is 27.4 Å². The molecule has 4 rings (SSSR count). The van der Waals surface area contributed by atoms with Crippen molar-refractivity contribution in [1.29, 1.82) is 0 Å². The molecule has 2 aromatic carbocycles. The first kappa shape index (κ1) is 26.6. The second kappa shape index (κ2) is 10.9. The molecule has 0 saturated heterocycles. The van der Waals surface area contributed by atoms with Gasteiger partial charge in [-0.2, -0.15) is 0 Å². The second-order valence-electron chi connectivity index (χ2n) is 8.10. The number of nitro groups is 1. The number of carbonyl (C=O) groups excluding carboxylic acids is 1. The fourth-order valence-electron chi connectivity index (χ4n) is 4.20. The van der Waals surface area contributed by atoms with Crippen molar-refractivity contribution in [3.63, 3.8) is 0 Å². The summed E-state index contributed by atoms with van der Waals surface area (Å²) >= 11 is 1.10. The van der Waals surface area contributed by atoms with Gasteiger partial charge in [-0.3, -0.25) is 19.5 Å². The van der Waals surface area contributed by atoms with Crippen molar-refractivity contribution >= 4 is 29.1 Å². The first-order valence-electron chi connectivity index (χ1n) is 11.5. The lowest BCUT2D eigenvalue weighted by molar-refractivity contribution is -0.385. The number of hydrogen-bond donors (Lipinski definition) is 0. The summed E-state index contributed by atoms with van der Waals surface area (Å²) in [6, 6.07) is 8.90. The highest BCUT2D eigenvalue weighted by atomic mass is 32.1. The van der Waals surface area contributed by atoms with E-state index in [0.717, 1.165) is 11.3 Å². The average Bonchev–Trinajstić information content (AvgIpc) is 3.21. The number of fused-ring (bicyclic) bond motifs is 1. The molecule has 3 aromatic rings. The van der Waals surface area contributed by atoms with Crippen LogP contribution in [0.3, 0.4) is 0 Å². The van der Waals surface area contributed by atoms with E-state index in [9.17, 15) is 19.7 Å². The lowest BCUT2D eigenvalue weighted by Crippen LogP contribution is -2.39. The molecule has 0 amide bonds. The predicted molar refractivity (Wildman–Crippen MR) is 140 cm³/mol. The molecular weight excluding hydrogens is 514 g/mol. The first-order valence-corrected chi connectivity index (χ1v) is 12.3. The van der Waals surface area contributed by atoms with Gasteiger partial charge in [0.15, 0.2) is 4.80 Å². The van der Waals surface area contributed by atoms with Gasteiger partial charge in [-0.1, -0.05) is 23.5 Å². The average molecular weight is 540 g/mol. The van der Waals surface area contributed by atoms with E-state index in [-0.39, 0.29) is 33.9 Å². The van der Waals surface area contributed by atoms with Crippen LogP contribution in [0.1, 0.15) is 31.0 Å². The molecule has 0 bridgehead atoms. The van der Waals surface area contributed by atoms with E-state index >= 15 is 0 Å². The summed E-state index contributed by atoms with van der Waals surface area (Å²) in [5.41, 5.74) is 0.942. The molecular formula is C26H25N3O8S. The van der Waals surface area contributed by atoms with E-state index in [4.69, 9.17) is 18.9 Å². The van der Waals surface area contributed by atoms with Crippen LogP contribution in [0.25, 0.3) is 6.08 Å². The Morgan fingerprint density at radius 3 is 2.39 bits per heavy atom. The number of ether oxygens (including phenoxy) is 4. The van der Waals surface area contributed by atoms with Crippen molar-refractivity contribution in [2.75, 3.05) is 27.9 Å². The van der Waals surface area contributed by atoms with E-state index in [1.54, 1.807) is 45.2 Å². The van der Waals surface area contributed by atoms with Gasteiger partial charge in [-0.15, -0.1) is 0 Å². The Labute approximate surface area is 221 Å². The van der Waals surface area contributed by atoms with Crippen molar-refractivity contribution in [2.24, 2.45) is 4.99 Å². The number of methoxy groups -OCH3 is 3. The van der Waals surface area contributed by atoms with Crippen LogP contribution in [0.5, 0.6) is 17.2 Å². The van der Waals surface area contributed by atoms with Gasteiger partial charge in [0.1, 0.15) is 11.5 Å². The van der Waals surface area contributed by atoms with Gasteiger partial charge < -0.3 is 18.9 Å². The molecule has 0 unspecified atom stereocenters. The molecule has 38 heavy (non-hydrogen) atoms. The third kappa shape index (κ3) is 4.77. The van der Waals surface area contributed by atoms with Crippen molar-refractivity contribution in [2.45, 2.75) is 19.9 Å². The molecule has 12 heteroatoms. The molecule has 0 spiro atoms. The maximum Gasteiger partial charge on any atom is 0.338 e. The fraction of sp³-hybridized carbons (Fsp3) is 0.269. The van der Waals surface area contributed by atoms with Crippen molar-refractivity contribution in [3.05, 3.63) is 88.6 Å². The fourth-order valence-corrected chi connectivity index (χ4v) is 5.23. The van der Waals surface area contributed by atoms with Crippen molar-refractivity contribution in [1.82, 2.24) is 4.57 Å². The largest absolute Gasteiger partial charge is 0.497 e. The summed E-state index contributed by atoms with van der Waals surface area (Å²) in [7, 11) is 4.28. The topological polar surface area (TPSA) is 131 Å². The summed E-state index contributed by atoms with van der Waals surface area (Å²) in [5, 5.41) is 11.6. The van der Waals surface area contributed by atoms with Gasteiger partial charge in [0.2, 0.25) is 5.75 Å². The minimum atomic E-state index is -0.801. The monoisotopic (exact) mass is 539 g/mol. The van der Waals surface area contributed by atoms with Crippen LogP contribution in [0.4, 0.5) is 5.69 Å².